The maximum Gasteiger partial charge on any atom is 0.434 e. The summed E-state index contributed by atoms with van der Waals surface area (Å²) in [5.41, 5.74) is -0.0926. The van der Waals surface area contributed by atoms with E-state index in [2.05, 4.69) is 15.4 Å². The SMILES string of the molecule is Cc1cccc2sc(NC(=O)c3cnn(-c4cccc(Cl)c4)c3C(F)(F)F)nc12. The van der Waals surface area contributed by atoms with Gasteiger partial charge in [0.15, 0.2) is 10.8 Å². The molecule has 0 radical (unpaired) electrons. The second kappa shape index (κ2) is 7.16. The molecule has 1 N–H and O–H groups in total. The number of aryl methyl sites for hydroxylation is 1. The van der Waals surface area contributed by atoms with Crippen molar-refractivity contribution in [3.8, 4) is 5.69 Å². The lowest BCUT2D eigenvalue weighted by atomic mass is 10.2. The van der Waals surface area contributed by atoms with E-state index >= 15 is 0 Å². The third-order valence-corrected chi connectivity index (χ3v) is 5.35. The Morgan fingerprint density at radius 1 is 1.21 bits per heavy atom. The van der Waals surface area contributed by atoms with Crippen molar-refractivity contribution >= 4 is 44.2 Å². The Morgan fingerprint density at radius 2 is 1.97 bits per heavy atom. The Hall–Kier alpha value is -2.91. The zero-order valence-electron chi connectivity index (χ0n) is 14.8. The van der Waals surface area contributed by atoms with Gasteiger partial charge < -0.3 is 0 Å². The maximum absolute atomic E-state index is 13.8. The van der Waals surface area contributed by atoms with Crippen LogP contribution < -0.4 is 5.32 Å². The second-order valence-electron chi connectivity index (χ2n) is 6.19. The molecule has 0 aliphatic heterocycles. The van der Waals surface area contributed by atoms with Gasteiger partial charge in [0, 0.05) is 5.02 Å². The van der Waals surface area contributed by atoms with Gasteiger partial charge >= 0.3 is 6.18 Å². The summed E-state index contributed by atoms with van der Waals surface area (Å²) >= 11 is 7.06. The van der Waals surface area contributed by atoms with Crippen LogP contribution in [-0.4, -0.2) is 20.7 Å². The first-order chi connectivity index (χ1) is 13.7. The van der Waals surface area contributed by atoms with Gasteiger partial charge in [0.2, 0.25) is 0 Å². The molecule has 1 amide bonds. The quantitative estimate of drug-likeness (QED) is 0.447. The first-order valence-electron chi connectivity index (χ1n) is 8.32. The monoisotopic (exact) mass is 436 g/mol. The fourth-order valence-electron chi connectivity index (χ4n) is 2.90. The van der Waals surface area contributed by atoms with Crippen LogP contribution in [0, 0.1) is 6.92 Å². The summed E-state index contributed by atoms with van der Waals surface area (Å²) in [4.78, 5) is 16.9. The summed E-state index contributed by atoms with van der Waals surface area (Å²) in [6.07, 6.45) is -3.92. The minimum Gasteiger partial charge on any atom is -0.298 e. The number of nitrogens with one attached hydrogen (secondary N) is 1. The van der Waals surface area contributed by atoms with Crippen LogP contribution in [0.5, 0.6) is 0 Å². The van der Waals surface area contributed by atoms with E-state index in [9.17, 15) is 18.0 Å². The van der Waals surface area contributed by atoms with Gasteiger partial charge in [-0.15, -0.1) is 0 Å². The lowest BCUT2D eigenvalue weighted by Crippen LogP contribution is -2.20. The number of halogens is 4. The standard InChI is InChI=1S/C19H12ClF3N4OS/c1-10-4-2-7-14-15(10)25-18(29-14)26-17(28)13-9-24-27(16(13)19(21,22)23)12-6-3-5-11(20)8-12/h2-9H,1H3,(H,25,26,28). The van der Waals surface area contributed by atoms with Crippen molar-refractivity contribution in [2.45, 2.75) is 13.1 Å². The topological polar surface area (TPSA) is 59.8 Å². The van der Waals surface area contributed by atoms with Gasteiger partial charge in [0.25, 0.3) is 5.91 Å². The molecule has 4 rings (SSSR count). The van der Waals surface area contributed by atoms with E-state index < -0.39 is 23.3 Å². The van der Waals surface area contributed by atoms with Gasteiger partial charge in [-0.05, 0) is 36.8 Å². The van der Waals surface area contributed by atoms with E-state index in [0.717, 1.165) is 16.5 Å². The number of rotatable bonds is 3. The van der Waals surface area contributed by atoms with Crippen molar-refractivity contribution in [1.82, 2.24) is 14.8 Å². The third kappa shape index (κ3) is 3.70. The fourth-order valence-corrected chi connectivity index (χ4v) is 4.02. The highest BCUT2D eigenvalue weighted by molar-refractivity contribution is 7.22. The molecule has 0 atom stereocenters. The fraction of sp³-hybridized carbons (Fsp3) is 0.105. The zero-order chi connectivity index (χ0) is 20.8. The van der Waals surface area contributed by atoms with Crippen LogP contribution in [0.15, 0.2) is 48.7 Å². The molecule has 0 spiro atoms. The number of alkyl halides is 3. The van der Waals surface area contributed by atoms with Crippen LogP contribution in [-0.2, 0) is 6.18 Å². The molecule has 29 heavy (non-hydrogen) atoms. The van der Waals surface area contributed by atoms with Gasteiger partial charge in [-0.3, -0.25) is 10.1 Å². The number of carbonyl (C=O) groups excluding carboxylic acids is 1. The minimum absolute atomic E-state index is 0.0967. The highest BCUT2D eigenvalue weighted by Crippen LogP contribution is 2.35. The molecule has 0 aliphatic rings. The number of fused-ring (bicyclic) bond motifs is 1. The van der Waals surface area contributed by atoms with Gasteiger partial charge in [-0.25, -0.2) is 9.67 Å². The Labute approximate surface area is 171 Å². The predicted molar refractivity (Wildman–Crippen MR) is 106 cm³/mol. The molecule has 0 saturated heterocycles. The molecular weight excluding hydrogens is 425 g/mol. The van der Waals surface area contributed by atoms with E-state index in [0.29, 0.717) is 10.2 Å². The third-order valence-electron chi connectivity index (χ3n) is 4.18. The zero-order valence-corrected chi connectivity index (χ0v) is 16.4. The molecule has 2 aromatic carbocycles. The molecule has 10 heteroatoms. The number of anilines is 1. The van der Waals surface area contributed by atoms with Crippen molar-refractivity contribution in [2.75, 3.05) is 5.32 Å². The number of para-hydroxylation sites is 1. The van der Waals surface area contributed by atoms with Gasteiger partial charge in [-0.2, -0.15) is 18.3 Å². The van der Waals surface area contributed by atoms with Gasteiger partial charge in [0.1, 0.15) is 0 Å². The molecule has 2 heterocycles. The summed E-state index contributed by atoms with van der Waals surface area (Å²) in [5.74, 6) is -0.942. The smallest absolute Gasteiger partial charge is 0.298 e. The number of nitrogens with zero attached hydrogens (tertiary/aromatic N) is 3. The van der Waals surface area contributed by atoms with E-state index in [1.807, 2.05) is 25.1 Å². The predicted octanol–water partition coefficient (Wildman–Crippen LogP) is 5.71. The molecule has 0 aliphatic carbocycles. The molecule has 0 unspecified atom stereocenters. The van der Waals surface area contributed by atoms with Crippen LogP contribution in [0.3, 0.4) is 0 Å². The number of thiazole rings is 1. The first-order valence-corrected chi connectivity index (χ1v) is 9.52. The van der Waals surface area contributed by atoms with Crippen molar-refractivity contribution < 1.29 is 18.0 Å². The molecule has 0 fully saturated rings. The number of aromatic nitrogens is 3. The summed E-state index contributed by atoms with van der Waals surface area (Å²) in [6.45, 7) is 1.87. The number of carbonyl (C=O) groups is 1. The van der Waals surface area contributed by atoms with E-state index in [4.69, 9.17) is 11.6 Å². The van der Waals surface area contributed by atoms with E-state index in [1.54, 1.807) is 0 Å². The molecule has 0 saturated carbocycles. The Bertz CT molecular complexity index is 1230. The minimum atomic E-state index is -4.81. The average Bonchev–Trinajstić information content (AvgIpc) is 3.26. The average molecular weight is 437 g/mol. The first kappa shape index (κ1) is 19.4. The van der Waals surface area contributed by atoms with Crippen LogP contribution in [0.2, 0.25) is 5.02 Å². The maximum atomic E-state index is 13.8. The Morgan fingerprint density at radius 3 is 2.66 bits per heavy atom. The Kier molecular flexibility index (Phi) is 4.79. The number of hydrogen-bond donors (Lipinski definition) is 1. The molecule has 4 aromatic rings. The van der Waals surface area contributed by atoms with E-state index in [1.165, 1.54) is 35.6 Å². The highest BCUT2D eigenvalue weighted by Gasteiger charge is 2.40. The van der Waals surface area contributed by atoms with Crippen molar-refractivity contribution in [1.29, 1.82) is 0 Å². The van der Waals surface area contributed by atoms with Crippen molar-refractivity contribution in [3.05, 3.63) is 70.5 Å². The second-order valence-corrected chi connectivity index (χ2v) is 7.66. The van der Waals surface area contributed by atoms with Gasteiger partial charge in [0.05, 0.1) is 27.7 Å². The summed E-state index contributed by atoms with van der Waals surface area (Å²) in [5, 5.41) is 6.69. The lowest BCUT2D eigenvalue weighted by Gasteiger charge is -2.12. The number of benzene rings is 2. The highest BCUT2D eigenvalue weighted by atomic mass is 35.5. The largest absolute Gasteiger partial charge is 0.434 e. The molecule has 0 bridgehead atoms. The van der Waals surface area contributed by atoms with Crippen molar-refractivity contribution in [2.24, 2.45) is 0 Å². The lowest BCUT2D eigenvalue weighted by molar-refractivity contribution is -0.143. The number of hydrogen-bond acceptors (Lipinski definition) is 4. The van der Waals surface area contributed by atoms with Crippen molar-refractivity contribution in [3.63, 3.8) is 0 Å². The normalized spacial score (nSPS) is 11.8. The molecule has 2 aromatic heterocycles. The Balaban J connectivity index is 1.74. The van der Waals surface area contributed by atoms with Crippen LogP contribution in [0.25, 0.3) is 15.9 Å². The summed E-state index contributed by atoms with van der Waals surface area (Å²) in [7, 11) is 0. The van der Waals surface area contributed by atoms with Crippen LogP contribution in [0.1, 0.15) is 21.6 Å². The molecular formula is C19H12ClF3N4OS. The summed E-state index contributed by atoms with van der Waals surface area (Å²) in [6, 6.07) is 11.3. The molecule has 148 valence electrons. The van der Waals surface area contributed by atoms with Crippen LogP contribution in [0.4, 0.5) is 18.3 Å². The summed E-state index contributed by atoms with van der Waals surface area (Å²) < 4.78 is 42.8. The van der Waals surface area contributed by atoms with E-state index in [-0.39, 0.29) is 15.8 Å². The van der Waals surface area contributed by atoms with Crippen LogP contribution >= 0.6 is 22.9 Å². The van der Waals surface area contributed by atoms with Gasteiger partial charge in [-0.1, -0.05) is 41.1 Å². The molecule has 5 nitrogen and oxygen atoms in total. The number of amides is 1.